The first-order chi connectivity index (χ1) is 6.05. The summed E-state index contributed by atoms with van der Waals surface area (Å²) in [5.74, 6) is 0. The molecule has 0 aliphatic heterocycles. The second kappa shape index (κ2) is 6.13. The van der Waals surface area contributed by atoms with Gasteiger partial charge in [-0.3, -0.25) is 0 Å². The molecule has 1 radical (unpaired) electrons. The number of hydrogen-bond acceptors (Lipinski definition) is 3. The van der Waals surface area contributed by atoms with Crippen molar-refractivity contribution in [1.82, 2.24) is 0 Å². The highest BCUT2D eigenvalue weighted by atomic mass is 17.2. The van der Waals surface area contributed by atoms with E-state index in [1.807, 2.05) is 20.8 Å². The summed E-state index contributed by atoms with van der Waals surface area (Å²) in [5, 5.41) is 0. The Morgan fingerprint density at radius 2 is 2.08 bits per heavy atom. The fourth-order valence-electron chi connectivity index (χ4n) is 0.488. The maximum atomic E-state index is 5.17. The van der Waals surface area contributed by atoms with E-state index in [-0.39, 0.29) is 5.60 Å². The van der Waals surface area contributed by atoms with Crippen molar-refractivity contribution in [3.05, 3.63) is 19.3 Å². The zero-order chi connectivity index (χ0) is 10.3. The molecule has 0 aliphatic carbocycles. The Hall–Kier alpha value is -0.380. The van der Waals surface area contributed by atoms with E-state index < -0.39 is 6.29 Å². The summed E-state index contributed by atoms with van der Waals surface area (Å²) in [5.41, 5.74) is -0.293. The van der Waals surface area contributed by atoms with Crippen molar-refractivity contribution in [2.24, 2.45) is 0 Å². The standard InChI is InChI=1S/C10H19O3/c1-6-9(11-8-3)12-13-10(4,5)7-2/h6,8-9H,1,7H2,2-5H3. The zero-order valence-electron chi connectivity index (χ0n) is 8.87. The van der Waals surface area contributed by atoms with Crippen molar-refractivity contribution >= 4 is 0 Å². The monoisotopic (exact) mass is 187 g/mol. The number of hydrogen-bond donors (Lipinski definition) is 0. The van der Waals surface area contributed by atoms with Gasteiger partial charge in [0.05, 0.1) is 12.2 Å². The summed E-state index contributed by atoms with van der Waals surface area (Å²) in [7, 11) is 0. The highest BCUT2D eigenvalue weighted by Gasteiger charge is 2.18. The Morgan fingerprint density at radius 3 is 2.46 bits per heavy atom. The van der Waals surface area contributed by atoms with Gasteiger partial charge in [0.1, 0.15) is 0 Å². The van der Waals surface area contributed by atoms with E-state index in [4.69, 9.17) is 14.5 Å². The first-order valence-electron chi connectivity index (χ1n) is 4.46. The van der Waals surface area contributed by atoms with Crippen LogP contribution in [-0.2, 0) is 14.5 Å². The molecule has 3 heteroatoms. The van der Waals surface area contributed by atoms with Gasteiger partial charge in [0.2, 0.25) is 6.29 Å². The minimum atomic E-state index is -0.532. The van der Waals surface area contributed by atoms with Gasteiger partial charge in [-0.15, -0.1) is 0 Å². The van der Waals surface area contributed by atoms with E-state index in [2.05, 4.69) is 6.58 Å². The molecule has 0 bridgehead atoms. The Kier molecular flexibility index (Phi) is 5.95. The minimum absolute atomic E-state index is 0.293. The number of ether oxygens (including phenoxy) is 1. The molecule has 0 amide bonds. The third-order valence-corrected chi connectivity index (χ3v) is 1.68. The van der Waals surface area contributed by atoms with Crippen LogP contribution in [0.1, 0.15) is 34.1 Å². The van der Waals surface area contributed by atoms with Gasteiger partial charge >= 0.3 is 0 Å². The molecular formula is C10H19O3. The molecule has 13 heavy (non-hydrogen) atoms. The molecule has 0 heterocycles. The van der Waals surface area contributed by atoms with Crippen molar-refractivity contribution in [3.63, 3.8) is 0 Å². The SMILES string of the molecule is C=CC(O[CH]C)OOC(C)(C)CC. The normalized spacial score (nSPS) is 14.2. The first kappa shape index (κ1) is 12.6. The van der Waals surface area contributed by atoms with E-state index in [0.29, 0.717) is 0 Å². The van der Waals surface area contributed by atoms with E-state index >= 15 is 0 Å². The minimum Gasteiger partial charge on any atom is -0.341 e. The van der Waals surface area contributed by atoms with Crippen molar-refractivity contribution < 1.29 is 14.5 Å². The molecule has 77 valence electrons. The van der Waals surface area contributed by atoms with E-state index in [0.717, 1.165) is 6.42 Å². The van der Waals surface area contributed by atoms with E-state index in [9.17, 15) is 0 Å². The molecule has 0 aromatic carbocycles. The van der Waals surface area contributed by atoms with Crippen LogP contribution in [0.25, 0.3) is 0 Å². The first-order valence-corrected chi connectivity index (χ1v) is 4.46. The lowest BCUT2D eigenvalue weighted by atomic mass is 10.1. The predicted molar refractivity (Wildman–Crippen MR) is 51.6 cm³/mol. The summed E-state index contributed by atoms with van der Waals surface area (Å²) in [6.07, 6.45) is 1.87. The Balaban J connectivity index is 3.77. The van der Waals surface area contributed by atoms with Gasteiger partial charge in [-0.1, -0.05) is 13.5 Å². The van der Waals surface area contributed by atoms with Crippen LogP contribution in [-0.4, -0.2) is 11.9 Å². The van der Waals surface area contributed by atoms with Gasteiger partial charge in [0.25, 0.3) is 0 Å². The zero-order valence-corrected chi connectivity index (χ0v) is 8.87. The highest BCUT2D eigenvalue weighted by molar-refractivity contribution is 4.72. The Bertz CT molecular complexity index is 143. The van der Waals surface area contributed by atoms with Crippen LogP contribution < -0.4 is 0 Å². The summed E-state index contributed by atoms with van der Waals surface area (Å²) in [6, 6.07) is 0. The smallest absolute Gasteiger partial charge is 0.210 e. The van der Waals surface area contributed by atoms with Gasteiger partial charge in [-0.05, 0) is 33.3 Å². The van der Waals surface area contributed by atoms with Crippen LogP contribution in [0.15, 0.2) is 12.7 Å². The fraction of sp³-hybridized carbons (Fsp3) is 0.700. The third-order valence-electron chi connectivity index (χ3n) is 1.68. The second-order valence-corrected chi connectivity index (χ2v) is 3.27. The lowest BCUT2D eigenvalue weighted by molar-refractivity contribution is -0.404. The predicted octanol–water partition coefficient (Wildman–Crippen LogP) is 2.83. The van der Waals surface area contributed by atoms with E-state index in [1.165, 1.54) is 12.7 Å². The molecule has 0 N–H and O–H groups in total. The van der Waals surface area contributed by atoms with Gasteiger partial charge in [0.15, 0.2) is 0 Å². The van der Waals surface area contributed by atoms with Crippen LogP contribution in [0.2, 0.25) is 0 Å². The van der Waals surface area contributed by atoms with Crippen LogP contribution >= 0.6 is 0 Å². The van der Waals surface area contributed by atoms with Crippen LogP contribution in [0.4, 0.5) is 0 Å². The maximum absolute atomic E-state index is 5.17. The molecule has 0 aliphatic rings. The summed E-state index contributed by atoms with van der Waals surface area (Å²) >= 11 is 0. The topological polar surface area (TPSA) is 27.7 Å². The molecule has 0 rings (SSSR count). The maximum Gasteiger partial charge on any atom is 0.210 e. The third kappa shape index (κ3) is 5.80. The molecule has 3 nitrogen and oxygen atoms in total. The largest absolute Gasteiger partial charge is 0.341 e. The molecule has 1 atom stereocenters. The summed E-state index contributed by atoms with van der Waals surface area (Å²) in [4.78, 5) is 10.2. The van der Waals surface area contributed by atoms with Crippen molar-refractivity contribution in [2.75, 3.05) is 0 Å². The quantitative estimate of drug-likeness (QED) is 0.265. The van der Waals surface area contributed by atoms with Gasteiger partial charge in [-0.25, -0.2) is 4.89 Å². The van der Waals surface area contributed by atoms with Crippen molar-refractivity contribution in [1.29, 1.82) is 0 Å². The molecule has 1 unspecified atom stereocenters. The molecule has 0 saturated carbocycles. The Morgan fingerprint density at radius 1 is 1.46 bits per heavy atom. The highest BCUT2D eigenvalue weighted by Crippen LogP contribution is 2.15. The molecule has 0 spiro atoms. The van der Waals surface area contributed by atoms with Gasteiger partial charge in [-0.2, -0.15) is 4.89 Å². The molecule has 0 aromatic rings. The van der Waals surface area contributed by atoms with Crippen LogP contribution in [0.3, 0.4) is 0 Å². The lowest BCUT2D eigenvalue weighted by Gasteiger charge is -2.23. The fourth-order valence-corrected chi connectivity index (χ4v) is 0.488. The summed E-state index contributed by atoms with van der Waals surface area (Å²) < 4.78 is 5.04. The molecular weight excluding hydrogens is 168 g/mol. The van der Waals surface area contributed by atoms with Gasteiger partial charge < -0.3 is 4.74 Å². The van der Waals surface area contributed by atoms with Crippen LogP contribution in [0.5, 0.6) is 0 Å². The molecule has 0 fully saturated rings. The average molecular weight is 187 g/mol. The second-order valence-electron chi connectivity index (χ2n) is 3.27. The average Bonchev–Trinajstić information content (AvgIpc) is 2.12. The Labute approximate surface area is 80.6 Å². The molecule has 0 aromatic heterocycles. The van der Waals surface area contributed by atoms with E-state index in [1.54, 1.807) is 6.92 Å². The van der Waals surface area contributed by atoms with Crippen molar-refractivity contribution in [3.8, 4) is 0 Å². The van der Waals surface area contributed by atoms with Gasteiger partial charge in [0, 0.05) is 0 Å². The van der Waals surface area contributed by atoms with Crippen LogP contribution in [0, 0.1) is 6.61 Å². The number of rotatable bonds is 7. The van der Waals surface area contributed by atoms with Crippen molar-refractivity contribution in [2.45, 2.75) is 46.0 Å². The lowest BCUT2D eigenvalue weighted by Crippen LogP contribution is -2.26. The molecule has 0 saturated heterocycles. The summed E-state index contributed by atoms with van der Waals surface area (Å²) in [6.45, 7) is 12.8.